The maximum atomic E-state index is 8.71. The fraction of sp³-hybridized carbons (Fsp3) is 0.308. The lowest BCUT2D eigenvalue weighted by molar-refractivity contribution is 0.202. The third-order valence-corrected chi connectivity index (χ3v) is 3.76. The Kier molecular flexibility index (Phi) is 3.84. The van der Waals surface area contributed by atoms with Crippen molar-refractivity contribution in [1.82, 2.24) is 4.98 Å². The molecule has 0 amide bonds. The van der Waals surface area contributed by atoms with E-state index in [-0.39, 0.29) is 13.2 Å². The number of nitrogen functional groups attached to an aromatic ring is 1. The number of rotatable bonds is 4. The van der Waals surface area contributed by atoms with Gasteiger partial charge in [-0.15, -0.1) is 11.3 Å². The molecule has 0 aliphatic carbocycles. The number of aliphatic hydroxyl groups is 1. The minimum Gasteiger partial charge on any atom is -0.489 e. The molecule has 0 radical (unpaired) electrons. The van der Waals surface area contributed by atoms with Crippen LogP contribution in [0.25, 0.3) is 10.6 Å². The SMILES string of the molecule is Cc1nc(-c2ccc(OCCO)c(N)c2)sc1C. The van der Waals surface area contributed by atoms with Crippen molar-refractivity contribution in [2.45, 2.75) is 13.8 Å². The van der Waals surface area contributed by atoms with Gasteiger partial charge >= 0.3 is 0 Å². The van der Waals surface area contributed by atoms with Gasteiger partial charge in [-0.3, -0.25) is 0 Å². The quantitative estimate of drug-likeness (QED) is 0.832. The van der Waals surface area contributed by atoms with E-state index in [2.05, 4.69) is 11.9 Å². The average molecular weight is 264 g/mol. The first-order valence-electron chi connectivity index (χ1n) is 5.69. The van der Waals surface area contributed by atoms with Gasteiger partial charge in [0.15, 0.2) is 0 Å². The maximum Gasteiger partial charge on any atom is 0.142 e. The molecule has 18 heavy (non-hydrogen) atoms. The first-order chi connectivity index (χ1) is 8.61. The Morgan fingerprint density at radius 1 is 1.39 bits per heavy atom. The van der Waals surface area contributed by atoms with E-state index in [0.29, 0.717) is 11.4 Å². The second kappa shape index (κ2) is 5.37. The van der Waals surface area contributed by atoms with E-state index in [1.54, 1.807) is 11.3 Å². The van der Waals surface area contributed by atoms with E-state index in [9.17, 15) is 0 Å². The molecule has 3 N–H and O–H groups in total. The molecule has 5 heteroatoms. The van der Waals surface area contributed by atoms with Crippen molar-refractivity contribution in [2.24, 2.45) is 0 Å². The van der Waals surface area contributed by atoms with Gasteiger partial charge in [-0.05, 0) is 32.0 Å². The second-order valence-electron chi connectivity index (χ2n) is 3.99. The van der Waals surface area contributed by atoms with Crippen LogP contribution in [0.2, 0.25) is 0 Å². The van der Waals surface area contributed by atoms with Gasteiger partial charge in [-0.25, -0.2) is 4.98 Å². The summed E-state index contributed by atoms with van der Waals surface area (Å²) in [7, 11) is 0. The van der Waals surface area contributed by atoms with Gasteiger partial charge in [-0.1, -0.05) is 0 Å². The summed E-state index contributed by atoms with van der Waals surface area (Å²) in [5.74, 6) is 0.595. The van der Waals surface area contributed by atoms with Crippen LogP contribution in [0.5, 0.6) is 5.75 Å². The number of nitrogens with two attached hydrogens (primary N) is 1. The van der Waals surface area contributed by atoms with Crippen LogP contribution in [-0.4, -0.2) is 23.3 Å². The molecule has 0 bridgehead atoms. The van der Waals surface area contributed by atoms with Crippen LogP contribution < -0.4 is 10.5 Å². The highest BCUT2D eigenvalue weighted by atomic mass is 32.1. The molecular formula is C13H16N2O2S. The van der Waals surface area contributed by atoms with Crippen LogP contribution in [0.15, 0.2) is 18.2 Å². The summed E-state index contributed by atoms with van der Waals surface area (Å²) in [4.78, 5) is 5.71. The largest absolute Gasteiger partial charge is 0.489 e. The Bertz CT molecular complexity index is 532. The zero-order chi connectivity index (χ0) is 13.1. The van der Waals surface area contributed by atoms with E-state index in [1.165, 1.54) is 4.88 Å². The van der Waals surface area contributed by atoms with Crippen LogP contribution in [0, 0.1) is 13.8 Å². The number of nitrogens with zero attached hydrogens (tertiary/aromatic N) is 1. The summed E-state index contributed by atoms with van der Waals surface area (Å²) in [6, 6.07) is 5.59. The van der Waals surface area contributed by atoms with Gasteiger partial charge in [0, 0.05) is 10.4 Å². The van der Waals surface area contributed by atoms with Gasteiger partial charge in [0.1, 0.15) is 17.4 Å². The number of aromatic nitrogens is 1. The highest BCUT2D eigenvalue weighted by Crippen LogP contribution is 2.32. The Morgan fingerprint density at radius 3 is 2.72 bits per heavy atom. The average Bonchev–Trinajstić information content (AvgIpc) is 2.68. The number of aliphatic hydroxyl groups excluding tert-OH is 1. The van der Waals surface area contributed by atoms with E-state index in [4.69, 9.17) is 15.6 Å². The zero-order valence-electron chi connectivity index (χ0n) is 10.4. The number of hydrogen-bond acceptors (Lipinski definition) is 5. The molecule has 0 unspecified atom stereocenters. The Labute approximate surface area is 110 Å². The van der Waals surface area contributed by atoms with Crippen molar-refractivity contribution in [3.05, 3.63) is 28.8 Å². The minimum atomic E-state index is -0.0218. The normalized spacial score (nSPS) is 10.6. The van der Waals surface area contributed by atoms with Gasteiger partial charge in [-0.2, -0.15) is 0 Å². The third kappa shape index (κ3) is 2.63. The van der Waals surface area contributed by atoms with E-state index in [1.807, 2.05) is 25.1 Å². The molecule has 2 aromatic rings. The van der Waals surface area contributed by atoms with Crippen molar-refractivity contribution in [3.63, 3.8) is 0 Å². The lowest BCUT2D eigenvalue weighted by Gasteiger charge is -2.08. The molecule has 0 saturated heterocycles. The van der Waals surface area contributed by atoms with Crippen molar-refractivity contribution < 1.29 is 9.84 Å². The summed E-state index contributed by atoms with van der Waals surface area (Å²) in [5.41, 5.74) is 8.52. The lowest BCUT2D eigenvalue weighted by Crippen LogP contribution is -2.03. The molecule has 2 rings (SSSR count). The Balaban J connectivity index is 2.28. The summed E-state index contributed by atoms with van der Waals surface area (Å²) in [6.45, 7) is 4.28. The first-order valence-corrected chi connectivity index (χ1v) is 6.51. The molecule has 0 atom stereocenters. The maximum absolute atomic E-state index is 8.71. The predicted octanol–water partition coefficient (Wildman–Crippen LogP) is 2.38. The van der Waals surface area contributed by atoms with Crippen molar-refractivity contribution in [2.75, 3.05) is 18.9 Å². The van der Waals surface area contributed by atoms with Gasteiger partial charge in [0.05, 0.1) is 18.0 Å². The van der Waals surface area contributed by atoms with Crippen LogP contribution in [0.4, 0.5) is 5.69 Å². The number of thiazole rings is 1. The first kappa shape index (κ1) is 12.9. The molecule has 0 saturated carbocycles. The Hall–Kier alpha value is -1.59. The van der Waals surface area contributed by atoms with E-state index < -0.39 is 0 Å². The van der Waals surface area contributed by atoms with Crippen LogP contribution in [0.3, 0.4) is 0 Å². The number of aryl methyl sites for hydroxylation is 2. The summed E-state index contributed by atoms with van der Waals surface area (Å²) >= 11 is 1.65. The third-order valence-electron chi connectivity index (χ3n) is 2.63. The molecule has 0 fully saturated rings. The number of ether oxygens (including phenoxy) is 1. The zero-order valence-corrected chi connectivity index (χ0v) is 11.3. The molecule has 0 aliphatic heterocycles. The molecule has 1 aromatic heterocycles. The van der Waals surface area contributed by atoms with Crippen molar-refractivity contribution >= 4 is 17.0 Å². The summed E-state index contributed by atoms with van der Waals surface area (Å²) < 4.78 is 5.31. The van der Waals surface area contributed by atoms with Crippen molar-refractivity contribution in [3.8, 4) is 16.3 Å². The van der Waals surface area contributed by atoms with E-state index >= 15 is 0 Å². The molecule has 1 heterocycles. The topological polar surface area (TPSA) is 68.4 Å². The van der Waals surface area contributed by atoms with Crippen LogP contribution in [0.1, 0.15) is 10.6 Å². The van der Waals surface area contributed by atoms with Gasteiger partial charge in [0.25, 0.3) is 0 Å². The minimum absolute atomic E-state index is 0.0218. The number of anilines is 1. The van der Waals surface area contributed by atoms with Gasteiger partial charge < -0.3 is 15.6 Å². The predicted molar refractivity (Wildman–Crippen MR) is 74.0 cm³/mol. The van der Waals surface area contributed by atoms with Crippen LogP contribution in [-0.2, 0) is 0 Å². The Morgan fingerprint density at radius 2 is 2.17 bits per heavy atom. The smallest absolute Gasteiger partial charge is 0.142 e. The molecule has 1 aromatic carbocycles. The molecule has 0 aliphatic rings. The number of hydrogen-bond donors (Lipinski definition) is 2. The molecule has 4 nitrogen and oxygen atoms in total. The molecular weight excluding hydrogens is 248 g/mol. The summed E-state index contributed by atoms with van der Waals surface area (Å²) in [6.07, 6.45) is 0. The highest BCUT2D eigenvalue weighted by molar-refractivity contribution is 7.15. The monoisotopic (exact) mass is 264 g/mol. The molecule has 96 valence electrons. The second-order valence-corrected chi connectivity index (χ2v) is 5.19. The van der Waals surface area contributed by atoms with Crippen LogP contribution >= 0.6 is 11.3 Å². The standard InChI is InChI=1S/C13H16N2O2S/c1-8-9(2)18-13(15-8)10-3-4-12(11(14)7-10)17-6-5-16/h3-4,7,16H,5-6,14H2,1-2H3. The molecule has 0 spiro atoms. The lowest BCUT2D eigenvalue weighted by atomic mass is 10.2. The van der Waals surface area contributed by atoms with Gasteiger partial charge in [0.2, 0.25) is 0 Å². The fourth-order valence-electron chi connectivity index (χ4n) is 1.56. The number of benzene rings is 1. The van der Waals surface area contributed by atoms with E-state index in [0.717, 1.165) is 16.3 Å². The van der Waals surface area contributed by atoms with Crippen molar-refractivity contribution in [1.29, 1.82) is 0 Å². The summed E-state index contributed by atoms with van der Waals surface area (Å²) in [5, 5.41) is 9.67. The fourth-order valence-corrected chi connectivity index (χ4v) is 2.48. The highest BCUT2D eigenvalue weighted by Gasteiger charge is 2.08.